The zero-order chi connectivity index (χ0) is 14.5. The van der Waals surface area contributed by atoms with E-state index < -0.39 is 5.54 Å². The summed E-state index contributed by atoms with van der Waals surface area (Å²) < 4.78 is 5.34. The Balaban J connectivity index is 2.71. The number of benzene rings is 1. The maximum absolute atomic E-state index is 12.2. The van der Waals surface area contributed by atoms with Crippen molar-refractivity contribution in [1.82, 2.24) is 5.32 Å². The summed E-state index contributed by atoms with van der Waals surface area (Å²) in [6, 6.07) is 6.76. The molecule has 106 valence electrons. The second-order valence-corrected chi connectivity index (χ2v) is 5.23. The third-order valence-electron chi connectivity index (χ3n) is 2.85. The molecule has 1 aromatic rings. The summed E-state index contributed by atoms with van der Waals surface area (Å²) in [6.07, 6.45) is 0. The van der Waals surface area contributed by atoms with E-state index in [4.69, 9.17) is 4.74 Å². The van der Waals surface area contributed by atoms with Gasteiger partial charge in [0.15, 0.2) is 5.78 Å². The van der Waals surface area contributed by atoms with Gasteiger partial charge in [0.1, 0.15) is 5.75 Å². The molecule has 1 unspecified atom stereocenters. The zero-order valence-electron chi connectivity index (χ0n) is 12.1. The normalized spacial score (nSPS) is 13.1. The minimum atomic E-state index is -0.472. The Labute approximate surface area is 114 Å². The number of aliphatic hydroxyl groups is 1. The van der Waals surface area contributed by atoms with Gasteiger partial charge in [-0.15, -0.1) is 0 Å². The number of hydrogen-bond acceptors (Lipinski definition) is 4. The Morgan fingerprint density at radius 2 is 1.95 bits per heavy atom. The summed E-state index contributed by atoms with van der Waals surface area (Å²) in [7, 11) is 0. The standard InChI is InChI=1S/C15H23NO3/c1-5-19-13-8-6-12(7-9-13)14(18)11(2)16-15(3,4)10-17/h6-9,11,16-17H,5,10H2,1-4H3. The summed E-state index contributed by atoms with van der Waals surface area (Å²) in [4.78, 5) is 12.2. The molecule has 4 nitrogen and oxygen atoms in total. The molecule has 0 amide bonds. The van der Waals surface area contributed by atoms with E-state index in [0.29, 0.717) is 12.2 Å². The van der Waals surface area contributed by atoms with E-state index in [1.807, 2.05) is 20.8 Å². The van der Waals surface area contributed by atoms with E-state index in [0.717, 1.165) is 5.75 Å². The van der Waals surface area contributed by atoms with Gasteiger partial charge in [-0.05, 0) is 52.0 Å². The Bertz CT molecular complexity index is 412. The monoisotopic (exact) mass is 265 g/mol. The van der Waals surface area contributed by atoms with Crippen molar-refractivity contribution in [1.29, 1.82) is 0 Å². The Morgan fingerprint density at radius 1 is 1.37 bits per heavy atom. The van der Waals surface area contributed by atoms with Gasteiger partial charge in [0, 0.05) is 11.1 Å². The highest BCUT2D eigenvalue weighted by atomic mass is 16.5. The molecular weight excluding hydrogens is 242 g/mol. The van der Waals surface area contributed by atoms with Crippen molar-refractivity contribution in [3.8, 4) is 5.75 Å². The third-order valence-corrected chi connectivity index (χ3v) is 2.85. The fraction of sp³-hybridized carbons (Fsp3) is 0.533. The van der Waals surface area contributed by atoms with E-state index in [9.17, 15) is 9.90 Å². The lowest BCUT2D eigenvalue weighted by molar-refractivity contribution is 0.0911. The molecule has 0 aromatic heterocycles. The van der Waals surface area contributed by atoms with E-state index in [2.05, 4.69) is 5.32 Å². The predicted octanol–water partition coefficient (Wildman–Crippen LogP) is 2.02. The first-order valence-corrected chi connectivity index (χ1v) is 6.55. The van der Waals surface area contributed by atoms with Crippen LogP contribution >= 0.6 is 0 Å². The van der Waals surface area contributed by atoms with Crippen molar-refractivity contribution in [3.63, 3.8) is 0 Å². The van der Waals surface area contributed by atoms with Gasteiger partial charge in [-0.1, -0.05) is 0 Å². The van der Waals surface area contributed by atoms with Crippen LogP contribution in [0.15, 0.2) is 24.3 Å². The molecule has 1 atom stereocenters. The minimum absolute atomic E-state index is 0.00423. The Morgan fingerprint density at radius 3 is 2.42 bits per heavy atom. The highest BCUT2D eigenvalue weighted by Crippen LogP contribution is 2.14. The molecule has 0 bridgehead atoms. The SMILES string of the molecule is CCOc1ccc(C(=O)C(C)NC(C)(C)CO)cc1. The van der Waals surface area contributed by atoms with E-state index in [1.165, 1.54) is 0 Å². The second-order valence-electron chi connectivity index (χ2n) is 5.23. The molecule has 0 fully saturated rings. The quantitative estimate of drug-likeness (QED) is 0.741. The first kappa shape index (κ1) is 15.7. The first-order valence-electron chi connectivity index (χ1n) is 6.55. The van der Waals surface area contributed by atoms with Crippen LogP contribution in [0.5, 0.6) is 5.75 Å². The van der Waals surface area contributed by atoms with Gasteiger partial charge in [-0.3, -0.25) is 4.79 Å². The molecule has 4 heteroatoms. The van der Waals surface area contributed by atoms with Gasteiger partial charge in [-0.25, -0.2) is 0 Å². The maximum atomic E-state index is 12.2. The van der Waals surface area contributed by atoms with Crippen molar-refractivity contribution < 1.29 is 14.6 Å². The van der Waals surface area contributed by atoms with Crippen LogP contribution < -0.4 is 10.1 Å². The average molecular weight is 265 g/mol. The molecule has 2 N–H and O–H groups in total. The van der Waals surface area contributed by atoms with Crippen molar-refractivity contribution in [2.45, 2.75) is 39.3 Å². The summed E-state index contributed by atoms with van der Waals surface area (Å²) in [5, 5.41) is 12.3. The van der Waals surface area contributed by atoms with Crippen LogP contribution in [-0.4, -0.2) is 35.7 Å². The third kappa shape index (κ3) is 4.65. The lowest BCUT2D eigenvalue weighted by Gasteiger charge is -2.27. The van der Waals surface area contributed by atoms with E-state index >= 15 is 0 Å². The van der Waals surface area contributed by atoms with E-state index in [1.54, 1.807) is 31.2 Å². The highest BCUT2D eigenvalue weighted by Gasteiger charge is 2.23. The molecule has 1 rings (SSSR count). The van der Waals surface area contributed by atoms with Crippen LogP contribution in [0.4, 0.5) is 0 Å². The van der Waals surface area contributed by atoms with E-state index in [-0.39, 0.29) is 18.4 Å². The van der Waals surface area contributed by atoms with Crippen molar-refractivity contribution in [3.05, 3.63) is 29.8 Å². The molecule has 0 aliphatic heterocycles. The molecule has 0 saturated carbocycles. The minimum Gasteiger partial charge on any atom is -0.494 e. The van der Waals surface area contributed by atoms with Gasteiger partial charge in [0.25, 0.3) is 0 Å². The lowest BCUT2D eigenvalue weighted by Crippen LogP contribution is -2.50. The molecule has 0 spiro atoms. The molecule has 0 heterocycles. The molecule has 0 radical (unpaired) electrons. The van der Waals surface area contributed by atoms with Crippen LogP contribution in [0, 0.1) is 0 Å². The number of Topliss-reactive ketones (excluding diaryl/α,β-unsaturated/α-hetero) is 1. The molecule has 0 aliphatic rings. The maximum Gasteiger partial charge on any atom is 0.179 e. The molecule has 19 heavy (non-hydrogen) atoms. The number of carbonyl (C=O) groups excluding carboxylic acids is 1. The number of nitrogens with one attached hydrogen (secondary N) is 1. The van der Waals surface area contributed by atoms with Crippen molar-refractivity contribution in [2.75, 3.05) is 13.2 Å². The van der Waals surface area contributed by atoms with Gasteiger partial charge < -0.3 is 15.2 Å². The van der Waals surface area contributed by atoms with Gasteiger partial charge in [-0.2, -0.15) is 0 Å². The van der Waals surface area contributed by atoms with Crippen LogP contribution in [0.3, 0.4) is 0 Å². The van der Waals surface area contributed by atoms with Crippen LogP contribution in [0.25, 0.3) is 0 Å². The van der Waals surface area contributed by atoms with Gasteiger partial charge >= 0.3 is 0 Å². The fourth-order valence-electron chi connectivity index (χ4n) is 1.83. The summed E-state index contributed by atoms with van der Waals surface area (Å²) >= 11 is 0. The Kier molecular flexibility index (Phi) is 5.51. The predicted molar refractivity (Wildman–Crippen MR) is 75.7 cm³/mol. The van der Waals surface area contributed by atoms with Crippen LogP contribution in [-0.2, 0) is 0 Å². The summed E-state index contributed by atoms with van der Waals surface area (Å²) in [5.41, 5.74) is 0.164. The molecule has 0 saturated heterocycles. The second kappa shape index (κ2) is 6.68. The van der Waals surface area contributed by atoms with Crippen LogP contribution in [0.2, 0.25) is 0 Å². The number of carbonyl (C=O) groups is 1. The molecule has 1 aromatic carbocycles. The number of ketones is 1. The Hall–Kier alpha value is -1.39. The largest absolute Gasteiger partial charge is 0.494 e. The fourth-order valence-corrected chi connectivity index (χ4v) is 1.83. The highest BCUT2D eigenvalue weighted by molar-refractivity contribution is 6.00. The zero-order valence-corrected chi connectivity index (χ0v) is 12.1. The number of hydrogen-bond donors (Lipinski definition) is 2. The summed E-state index contributed by atoms with van der Waals surface area (Å²) in [5.74, 6) is 0.764. The van der Waals surface area contributed by atoms with Crippen LogP contribution in [0.1, 0.15) is 38.1 Å². The molecule has 0 aliphatic carbocycles. The number of rotatable bonds is 7. The van der Waals surface area contributed by atoms with Gasteiger partial charge in [0.05, 0.1) is 19.3 Å². The lowest BCUT2D eigenvalue weighted by atomic mass is 10.0. The number of ether oxygens (including phenoxy) is 1. The van der Waals surface area contributed by atoms with Crippen molar-refractivity contribution in [2.24, 2.45) is 0 Å². The first-order chi connectivity index (χ1) is 8.89. The topological polar surface area (TPSA) is 58.6 Å². The molecular formula is C15H23NO3. The number of aliphatic hydroxyl groups excluding tert-OH is 1. The van der Waals surface area contributed by atoms with Crippen molar-refractivity contribution >= 4 is 5.78 Å². The summed E-state index contributed by atoms with van der Waals surface area (Å²) in [6.45, 7) is 8.02. The van der Waals surface area contributed by atoms with Gasteiger partial charge in [0.2, 0.25) is 0 Å². The average Bonchev–Trinajstić information content (AvgIpc) is 2.38. The smallest absolute Gasteiger partial charge is 0.179 e.